The second-order valence-electron chi connectivity index (χ2n) is 7.41. The number of carbonyl (C=O) groups is 1. The fraction of sp³-hybridized carbons (Fsp3) is 0.348. The fourth-order valence-corrected chi connectivity index (χ4v) is 5.43. The molecule has 7 heteroatoms. The highest BCUT2D eigenvalue weighted by molar-refractivity contribution is 8.18. The number of rotatable bonds is 6. The molecule has 30 heavy (non-hydrogen) atoms. The Labute approximate surface area is 185 Å². The van der Waals surface area contributed by atoms with Crippen LogP contribution in [-0.2, 0) is 4.79 Å². The van der Waals surface area contributed by atoms with Crippen LogP contribution in [0.1, 0.15) is 43.4 Å². The zero-order valence-corrected chi connectivity index (χ0v) is 18.7. The zero-order valence-electron chi connectivity index (χ0n) is 17.0. The van der Waals surface area contributed by atoms with Crippen molar-refractivity contribution in [1.82, 2.24) is 9.88 Å². The lowest BCUT2D eigenvalue weighted by molar-refractivity contribution is -0.124. The molecular weight excluding hydrogens is 414 g/mol. The second-order valence-corrected chi connectivity index (χ2v) is 9.26. The van der Waals surface area contributed by atoms with Crippen molar-refractivity contribution in [3.05, 3.63) is 58.5 Å². The lowest BCUT2D eigenvalue weighted by Crippen LogP contribution is -2.40. The van der Waals surface area contributed by atoms with Gasteiger partial charge in [0.2, 0.25) is 5.13 Å². The van der Waals surface area contributed by atoms with E-state index in [0.717, 1.165) is 47.9 Å². The Hall–Kier alpha value is -2.38. The molecule has 2 fully saturated rings. The number of benzene rings is 1. The third-order valence-electron chi connectivity index (χ3n) is 5.12. The molecule has 1 amide bonds. The zero-order chi connectivity index (χ0) is 20.9. The summed E-state index contributed by atoms with van der Waals surface area (Å²) in [7, 11) is 0. The van der Waals surface area contributed by atoms with Gasteiger partial charge in [-0.05, 0) is 55.3 Å². The Bertz CT molecular complexity index is 973. The monoisotopic (exact) mass is 439 g/mol. The minimum Gasteiger partial charge on any atom is -0.490 e. The molecule has 2 heterocycles. The highest BCUT2D eigenvalue weighted by Crippen LogP contribution is 2.39. The predicted molar refractivity (Wildman–Crippen MR) is 125 cm³/mol. The fourth-order valence-electron chi connectivity index (χ4n) is 3.67. The van der Waals surface area contributed by atoms with Crippen LogP contribution < -0.4 is 4.74 Å². The van der Waals surface area contributed by atoms with Crippen LogP contribution in [0.3, 0.4) is 0 Å². The van der Waals surface area contributed by atoms with Crippen molar-refractivity contribution in [2.75, 3.05) is 6.61 Å². The van der Waals surface area contributed by atoms with Gasteiger partial charge in [-0.1, -0.05) is 44.1 Å². The maximum absolute atomic E-state index is 13.3. The van der Waals surface area contributed by atoms with E-state index in [1.54, 1.807) is 6.08 Å². The quantitative estimate of drug-likeness (QED) is 0.412. The van der Waals surface area contributed by atoms with Gasteiger partial charge in [0.25, 0.3) is 5.91 Å². The van der Waals surface area contributed by atoms with E-state index in [2.05, 4.69) is 11.6 Å². The van der Waals surface area contributed by atoms with Crippen LogP contribution in [0.15, 0.2) is 52.2 Å². The third-order valence-corrected chi connectivity index (χ3v) is 6.96. The summed E-state index contributed by atoms with van der Waals surface area (Å²) in [6.45, 7) is 6.09. The van der Waals surface area contributed by atoms with Crippen LogP contribution in [-0.4, -0.2) is 33.6 Å². The number of thioether (sulfide) groups is 1. The minimum absolute atomic E-state index is 0.0471. The summed E-state index contributed by atoms with van der Waals surface area (Å²) in [6, 6.07) is 7.96. The van der Waals surface area contributed by atoms with Gasteiger partial charge in [0, 0.05) is 11.4 Å². The molecule has 1 saturated heterocycles. The van der Waals surface area contributed by atoms with Gasteiger partial charge in [0.15, 0.2) is 5.17 Å². The number of hydrogen-bond acceptors (Lipinski definition) is 6. The largest absolute Gasteiger partial charge is 0.490 e. The number of aromatic nitrogens is 1. The summed E-state index contributed by atoms with van der Waals surface area (Å²) in [5, 5.41) is 3.44. The van der Waals surface area contributed by atoms with Gasteiger partial charge >= 0.3 is 0 Å². The SMILES string of the molecule is C=CCOc1ccc(/C=C2\S/C(=N/c3nc(C)cs3)N(C3CCCCC3)C2=O)cc1. The number of amides is 1. The number of thiazole rings is 1. The number of carbonyl (C=O) groups excluding carboxylic acids is 1. The number of ether oxygens (including phenoxy) is 1. The van der Waals surface area contributed by atoms with Gasteiger partial charge in [-0.2, -0.15) is 4.99 Å². The molecular formula is C23H25N3O2S2. The van der Waals surface area contributed by atoms with Crippen LogP contribution in [0.2, 0.25) is 0 Å². The first-order valence-electron chi connectivity index (χ1n) is 10.2. The Balaban J connectivity index is 1.61. The van der Waals surface area contributed by atoms with E-state index in [9.17, 15) is 4.79 Å². The number of hydrogen-bond donors (Lipinski definition) is 0. The van der Waals surface area contributed by atoms with Gasteiger partial charge in [-0.25, -0.2) is 4.98 Å². The van der Waals surface area contributed by atoms with Gasteiger partial charge in [-0.15, -0.1) is 11.3 Å². The molecule has 0 N–H and O–H groups in total. The maximum Gasteiger partial charge on any atom is 0.267 e. The topological polar surface area (TPSA) is 54.8 Å². The first kappa shape index (κ1) is 20.9. The van der Waals surface area contributed by atoms with Crippen LogP contribution >= 0.6 is 23.1 Å². The Morgan fingerprint density at radius 3 is 2.70 bits per heavy atom. The molecule has 5 nitrogen and oxygen atoms in total. The molecule has 1 aliphatic heterocycles. The highest BCUT2D eigenvalue weighted by Gasteiger charge is 2.38. The number of aryl methyl sites for hydroxylation is 1. The molecule has 1 aromatic heterocycles. The Morgan fingerprint density at radius 1 is 1.27 bits per heavy atom. The van der Waals surface area contributed by atoms with E-state index >= 15 is 0 Å². The van der Waals surface area contributed by atoms with Crippen molar-refractivity contribution in [1.29, 1.82) is 0 Å². The Kier molecular flexibility index (Phi) is 6.69. The van der Waals surface area contributed by atoms with Crippen molar-refractivity contribution >= 4 is 45.4 Å². The molecule has 0 bridgehead atoms. The molecule has 0 atom stereocenters. The summed E-state index contributed by atoms with van der Waals surface area (Å²) in [6.07, 6.45) is 9.29. The van der Waals surface area contributed by atoms with E-state index in [0.29, 0.717) is 16.6 Å². The van der Waals surface area contributed by atoms with E-state index in [1.165, 1.54) is 29.5 Å². The van der Waals surface area contributed by atoms with Gasteiger partial charge in [-0.3, -0.25) is 9.69 Å². The van der Waals surface area contributed by atoms with Gasteiger partial charge in [0.1, 0.15) is 12.4 Å². The van der Waals surface area contributed by atoms with Crippen molar-refractivity contribution < 1.29 is 9.53 Å². The van der Waals surface area contributed by atoms with E-state index < -0.39 is 0 Å². The average molecular weight is 440 g/mol. The molecule has 1 aromatic carbocycles. The van der Waals surface area contributed by atoms with Crippen LogP contribution in [0.5, 0.6) is 5.75 Å². The number of aliphatic imine (C=N–C) groups is 1. The van der Waals surface area contributed by atoms with Crippen molar-refractivity contribution in [2.45, 2.75) is 45.1 Å². The summed E-state index contributed by atoms with van der Waals surface area (Å²) in [5.74, 6) is 0.832. The van der Waals surface area contributed by atoms with Gasteiger partial charge in [0.05, 0.1) is 10.6 Å². The predicted octanol–water partition coefficient (Wildman–Crippen LogP) is 5.95. The van der Waals surface area contributed by atoms with E-state index in [1.807, 2.05) is 47.5 Å². The summed E-state index contributed by atoms with van der Waals surface area (Å²) in [4.78, 5) is 25.1. The number of amidine groups is 1. The molecule has 1 saturated carbocycles. The van der Waals surface area contributed by atoms with Crippen molar-refractivity contribution in [3.63, 3.8) is 0 Å². The first-order chi connectivity index (χ1) is 14.6. The lowest BCUT2D eigenvalue weighted by atomic mass is 9.94. The normalized spacial score (nSPS) is 20.3. The van der Waals surface area contributed by atoms with Crippen molar-refractivity contribution in [3.8, 4) is 5.75 Å². The molecule has 0 radical (unpaired) electrons. The summed E-state index contributed by atoms with van der Waals surface area (Å²) in [5.41, 5.74) is 1.92. The molecule has 2 aliphatic rings. The van der Waals surface area contributed by atoms with Gasteiger partial charge < -0.3 is 4.74 Å². The van der Waals surface area contributed by atoms with E-state index in [-0.39, 0.29) is 11.9 Å². The van der Waals surface area contributed by atoms with Crippen molar-refractivity contribution in [2.24, 2.45) is 4.99 Å². The van der Waals surface area contributed by atoms with Crippen LogP contribution in [0.4, 0.5) is 5.13 Å². The first-order valence-corrected chi connectivity index (χ1v) is 11.9. The average Bonchev–Trinajstić information content (AvgIpc) is 3.31. The van der Waals surface area contributed by atoms with E-state index in [4.69, 9.17) is 9.73 Å². The molecule has 2 aromatic rings. The maximum atomic E-state index is 13.3. The second kappa shape index (κ2) is 9.62. The number of nitrogens with zero attached hydrogens (tertiary/aromatic N) is 3. The third kappa shape index (κ3) is 4.84. The Morgan fingerprint density at radius 2 is 2.03 bits per heavy atom. The summed E-state index contributed by atoms with van der Waals surface area (Å²) >= 11 is 2.96. The summed E-state index contributed by atoms with van der Waals surface area (Å²) < 4.78 is 5.54. The highest BCUT2D eigenvalue weighted by atomic mass is 32.2. The molecule has 1 aliphatic carbocycles. The van der Waals surface area contributed by atoms with Crippen LogP contribution in [0, 0.1) is 6.92 Å². The molecule has 4 rings (SSSR count). The molecule has 156 valence electrons. The minimum atomic E-state index is 0.0471. The molecule has 0 spiro atoms. The molecule has 0 unspecified atom stereocenters. The van der Waals surface area contributed by atoms with Crippen LogP contribution in [0.25, 0.3) is 6.08 Å². The standard InChI is InChI=1S/C23H25N3O2S2/c1-3-13-28-19-11-9-17(10-12-19)14-20-21(27)26(18-7-5-4-6-8-18)23(30-20)25-22-24-16(2)15-29-22/h3,9-12,14-15,18H,1,4-8,13H2,2H3/b20-14-,25-23+. The smallest absolute Gasteiger partial charge is 0.267 e. The lowest BCUT2D eigenvalue weighted by Gasteiger charge is -2.30.